The van der Waals surface area contributed by atoms with E-state index in [1.807, 2.05) is 0 Å². The van der Waals surface area contributed by atoms with Crippen molar-refractivity contribution in [1.82, 2.24) is 47.1 Å². The maximum Gasteiger partial charge on any atom is 0.245 e. The smallest absolute Gasteiger partial charge is 0.245 e. The number of likely N-dealkylation sites (tertiary alicyclic amines) is 1. The first-order valence-corrected chi connectivity index (χ1v) is 25.8. The van der Waals surface area contributed by atoms with E-state index in [0.29, 0.717) is 42.3 Å². The van der Waals surface area contributed by atoms with Crippen LogP contribution in [0.1, 0.15) is 111 Å². The van der Waals surface area contributed by atoms with Gasteiger partial charge in [-0.15, -0.1) is 0 Å². The number of nitrogens with two attached hydrogens (primary N) is 5. The second-order valence-corrected chi connectivity index (χ2v) is 19.8. The van der Waals surface area contributed by atoms with Crippen LogP contribution >= 0.6 is 0 Å². The van der Waals surface area contributed by atoms with Crippen LogP contribution in [0.3, 0.4) is 0 Å². The van der Waals surface area contributed by atoms with E-state index < -0.39 is 119 Å². The standard InChI is InChI=1S/C50H79N15O12/c1-7-26(4)40(63-44(72)34(17-19-39(52)69)60-47(75)37-15-11-21-65(37)28(6)67)48(76)64-41(27(5)66)49(77)62-35(22-25(2)3)45(73)61-36(23-29-24-57-31-13-9-8-12-30(29)31)46(74)59-33(16-18-38(51)68)43(71)58-32(42(53)70)14-10-20-56-50(54)55/h8-9,12-13,24-27,32-37,40-41,57,66H,7,10-11,14-23H2,1-6H3,(H2,51,68)(H2,52,69)(H2,53,70)(H,58,71)(H,59,74)(H,60,75)(H,61,73)(H,62,77)(H,63,72)(H,64,76)(H4,54,55,56). The number of hydrogen-bond donors (Lipinski definition) is 14. The Labute approximate surface area is 446 Å². The number of aliphatic hydroxyl groups excluding tert-OH is 1. The molecule has 0 radical (unpaired) electrons. The molecule has 1 fully saturated rings. The second kappa shape index (κ2) is 30.6. The van der Waals surface area contributed by atoms with Crippen molar-refractivity contribution in [2.45, 2.75) is 167 Å². The molecule has 0 spiro atoms. The van der Waals surface area contributed by atoms with Crippen molar-refractivity contribution in [2.24, 2.45) is 45.5 Å². The number of fused-ring (bicyclic) bond motifs is 1. The second-order valence-electron chi connectivity index (χ2n) is 19.8. The summed E-state index contributed by atoms with van der Waals surface area (Å²) in [6.45, 7) is 9.86. The molecule has 1 aliphatic heterocycles. The number of para-hydroxylation sites is 1. The third-order valence-corrected chi connectivity index (χ3v) is 13.1. The molecule has 2 aromatic rings. The summed E-state index contributed by atoms with van der Waals surface area (Å²) in [6, 6.07) is -3.84. The number of nitrogens with one attached hydrogen (secondary N) is 8. The number of guanidine groups is 1. The van der Waals surface area contributed by atoms with E-state index in [1.54, 1.807) is 58.2 Å². The molecule has 1 saturated heterocycles. The zero-order chi connectivity index (χ0) is 57.7. The Balaban J connectivity index is 1.92. The highest BCUT2D eigenvalue weighted by molar-refractivity contribution is 5.99. The summed E-state index contributed by atoms with van der Waals surface area (Å²) in [5.41, 5.74) is 28.4. The minimum Gasteiger partial charge on any atom is -0.391 e. The number of aromatic amines is 1. The molecule has 1 aliphatic rings. The summed E-state index contributed by atoms with van der Waals surface area (Å²) in [5.74, 6) is -10.0. The van der Waals surface area contributed by atoms with E-state index in [1.165, 1.54) is 18.7 Å². The van der Waals surface area contributed by atoms with Crippen molar-refractivity contribution in [3.8, 4) is 0 Å². The highest BCUT2D eigenvalue weighted by Crippen LogP contribution is 2.21. The van der Waals surface area contributed by atoms with Gasteiger partial charge in [0.1, 0.15) is 48.3 Å². The number of amides is 11. The van der Waals surface area contributed by atoms with Gasteiger partial charge in [-0.25, -0.2) is 0 Å². The number of aliphatic imine (C=N–C) groups is 1. The van der Waals surface area contributed by atoms with Crippen molar-refractivity contribution >= 4 is 81.8 Å². The molecule has 10 atom stereocenters. The first-order valence-electron chi connectivity index (χ1n) is 25.8. The van der Waals surface area contributed by atoms with Gasteiger partial charge in [0, 0.05) is 56.4 Å². The van der Waals surface area contributed by atoms with Gasteiger partial charge in [-0.1, -0.05) is 52.3 Å². The van der Waals surface area contributed by atoms with Crippen LogP contribution in [0.5, 0.6) is 0 Å². The lowest BCUT2D eigenvalue weighted by atomic mass is 9.96. The molecule has 27 nitrogen and oxygen atoms in total. The number of primary amides is 3. The average molecular weight is 1080 g/mol. The van der Waals surface area contributed by atoms with Crippen molar-refractivity contribution in [2.75, 3.05) is 13.1 Å². The number of rotatable bonds is 32. The Kier molecular flexibility index (Phi) is 25.3. The zero-order valence-electron chi connectivity index (χ0n) is 44.6. The van der Waals surface area contributed by atoms with Crippen LogP contribution in [0.15, 0.2) is 35.5 Å². The Hall–Kier alpha value is -7.84. The maximum atomic E-state index is 14.5. The molecule has 0 bridgehead atoms. The molecule has 2 heterocycles. The van der Waals surface area contributed by atoms with E-state index >= 15 is 0 Å². The number of H-pyrrole nitrogens is 1. The molecule has 1 aromatic heterocycles. The lowest BCUT2D eigenvalue weighted by Crippen LogP contribution is -2.63. The highest BCUT2D eigenvalue weighted by atomic mass is 16.3. The largest absolute Gasteiger partial charge is 0.391 e. The summed E-state index contributed by atoms with van der Waals surface area (Å²) < 4.78 is 0. The number of hydrogen-bond acceptors (Lipinski definition) is 13. The molecular formula is C50H79N15O12. The van der Waals surface area contributed by atoms with Crippen LogP contribution in [0, 0.1) is 11.8 Å². The van der Waals surface area contributed by atoms with Gasteiger partial charge >= 0.3 is 0 Å². The van der Waals surface area contributed by atoms with Crippen LogP contribution in [0.25, 0.3) is 10.9 Å². The Morgan fingerprint density at radius 1 is 0.688 bits per heavy atom. The van der Waals surface area contributed by atoms with Gasteiger partial charge in [0.25, 0.3) is 0 Å². The molecule has 426 valence electrons. The lowest BCUT2D eigenvalue weighted by Gasteiger charge is -2.31. The number of nitrogens with zero attached hydrogens (tertiary/aromatic N) is 2. The Morgan fingerprint density at radius 3 is 1.79 bits per heavy atom. The predicted molar refractivity (Wildman–Crippen MR) is 282 cm³/mol. The fourth-order valence-corrected chi connectivity index (χ4v) is 8.70. The summed E-state index contributed by atoms with van der Waals surface area (Å²) in [4.78, 5) is 155. The van der Waals surface area contributed by atoms with Crippen molar-refractivity contribution in [3.05, 3.63) is 36.0 Å². The molecule has 77 heavy (non-hydrogen) atoms. The van der Waals surface area contributed by atoms with Crippen molar-refractivity contribution in [1.29, 1.82) is 0 Å². The summed E-state index contributed by atoms with van der Waals surface area (Å²) in [7, 11) is 0. The normalized spacial score (nSPS) is 16.7. The number of aliphatic hydroxyl groups is 1. The third kappa shape index (κ3) is 20.3. The average Bonchev–Trinajstić information content (AvgIpc) is 4.02. The highest BCUT2D eigenvalue weighted by Gasteiger charge is 2.39. The zero-order valence-corrected chi connectivity index (χ0v) is 44.6. The summed E-state index contributed by atoms with van der Waals surface area (Å²) in [5, 5.41) is 29.7. The molecule has 0 saturated carbocycles. The van der Waals surface area contributed by atoms with Gasteiger partial charge in [-0.05, 0) is 75.3 Å². The van der Waals surface area contributed by atoms with Crippen LogP contribution in [0.4, 0.5) is 0 Å². The first kappa shape index (κ1) is 63.5. The number of carbonyl (C=O) groups excluding carboxylic acids is 11. The van der Waals surface area contributed by atoms with Gasteiger partial charge in [0.15, 0.2) is 5.96 Å². The topological polar surface area (TPSA) is 454 Å². The minimum atomic E-state index is -1.73. The Bertz CT molecular complexity index is 2460. The van der Waals surface area contributed by atoms with Crippen LogP contribution in [-0.2, 0) is 59.2 Å². The fraction of sp³-hybridized carbons (Fsp3) is 0.600. The minimum absolute atomic E-state index is 0.0103. The first-order chi connectivity index (χ1) is 36.2. The van der Waals surface area contributed by atoms with E-state index in [-0.39, 0.29) is 75.7 Å². The van der Waals surface area contributed by atoms with Gasteiger partial charge in [-0.3, -0.25) is 57.7 Å². The van der Waals surface area contributed by atoms with E-state index in [9.17, 15) is 57.8 Å². The van der Waals surface area contributed by atoms with Crippen molar-refractivity contribution < 1.29 is 57.8 Å². The summed E-state index contributed by atoms with van der Waals surface area (Å²) in [6.07, 6.45) is -0.00612. The van der Waals surface area contributed by atoms with Gasteiger partial charge in [0.2, 0.25) is 65.0 Å². The fourth-order valence-electron chi connectivity index (χ4n) is 8.70. The SMILES string of the molecule is CCC(C)C(NC(=O)C(CCC(N)=O)NC(=O)C1CCCN1C(C)=O)C(=O)NC(C(=O)NC(CC(C)C)C(=O)NC(Cc1c[nH]c2ccccc12)C(=O)NC(CCC(N)=O)C(=O)NC(CCCN=C(N)N)C(N)=O)C(C)O. The van der Waals surface area contributed by atoms with Crippen molar-refractivity contribution in [3.63, 3.8) is 0 Å². The van der Waals surface area contributed by atoms with Gasteiger partial charge in [-0.2, -0.15) is 0 Å². The molecule has 10 unspecified atom stereocenters. The number of aromatic nitrogens is 1. The molecule has 1 aromatic carbocycles. The Morgan fingerprint density at radius 2 is 1.22 bits per heavy atom. The van der Waals surface area contributed by atoms with Crippen LogP contribution in [-0.4, -0.2) is 153 Å². The molecular weight excluding hydrogens is 1000 g/mol. The van der Waals surface area contributed by atoms with Crippen LogP contribution < -0.4 is 65.9 Å². The lowest BCUT2D eigenvalue weighted by molar-refractivity contribution is -0.139. The van der Waals surface area contributed by atoms with E-state index in [0.717, 1.165) is 0 Å². The van der Waals surface area contributed by atoms with Gasteiger partial charge < -0.3 is 80.9 Å². The summed E-state index contributed by atoms with van der Waals surface area (Å²) >= 11 is 0. The molecule has 27 heteroatoms. The van der Waals surface area contributed by atoms with Crippen LogP contribution in [0.2, 0.25) is 0 Å². The molecule has 11 amide bonds. The van der Waals surface area contributed by atoms with E-state index in [4.69, 9.17) is 28.7 Å². The predicted octanol–water partition coefficient (Wildman–Crippen LogP) is -3.34. The molecule has 19 N–H and O–H groups in total. The van der Waals surface area contributed by atoms with Gasteiger partial charge in [0.05, 0.1) is 6.10 Å². The quantitative estimate of drug-likeness (QED) is 0.0194. The molecule has 3 rings (SSSR count). The van der Waals surface area contributed by atoms with E-state index in [2.05, 4.69) is 47.2 Å². The number of carbonyl (C=O) groups is 11. The maximum absolute atomic E-state index is 14.5. The molecule has 0 aliphatic carbocycles. The number of benzene rings is 1. The monoisotopic (exact) mass is 1080 g/mol. The third-order valence-electron chi connectivity index (χ3n) is 13.1.